The van der Waals surface area contributed by atoms with Crippen LogP contribution in [-0.4, -0.2) is 23.2 Å². The third kappa shape index (κ3) is 5.49. The van der Waals surface area contributed by atoms with Gasteiger partial charge in [-0.05, 0) is 12.1 Å². The van der Waals surface area contributed by atoms with Crippen LogP contribution in [0.2, 0.25) is 0 Å². The van der Waals surface area contributed by atoms with Crippen LogP contribution in [-0.2, 0) is 4.79 Å². The first kappa shape index (κ1) is 17.1. The molecule has 6 heteroatoms. The normalized spacial score (nSPS) is 10.6. The van der Waals surface area contributed by atoms with Gasteiger partial charge in [-0.2, -0.15) is 0 Å². The molecule has 0 radical (unpaired) electrons. The molecule has 0 aliphatic carbocycles. The molecule has 2 aromatic rings. The molecule has 0 spiro atoms. The second kappa shape index (κ2) is 8.43. The van der Waals surface area contributed by atoms with Crippen LogP contribution in [0.4, 0.5) is 14.5 Å². The predicted octanol–water partition coefficient (Wildman–Crippen LogP) is 4.18. The number of hydrogen-bond acceptors (Lipinski definition) is 3. The number of carbonyl (C=O) groups excluding carboxylic acids is 2. The van der Waals surface area contributed by atoms with E-state index in [1.807, 2.05) is 6.07 Å². The fourth-order valence-electron chi connectivity index (χ4n) is 1.89. The molecule has 1 N–H and O–H groups in total. The quantitative estimate of drug-likeness (QED) is 0.772. The van der Waals surface area contributed by atoms with Crippen molar-refractivity contribution in [3.8, 4) is 0 Å². The van der Waals surface area contributed by atoms with E-state index in [9.17, 15) is 18.4 Å². The summed E-state index contributed by atoms with van der Waals surface area (Å²) >= 11 is 1.18. The number of alkyl halides is 2. The molecule has 0 aromatic heterocycles. The fraction of sp³-hybridized carbons (Fsp3) is 0.176. The number of benzene rings is 2. The Labute approximate surface area is 137 Å². The van der Waals surface area contributed by atoms with E-state index in [1.165, 1.54) is 30.0 Å². The van der Waals surface area contributed by atoms with Gasteiger partial charge >= 0.3 is 0 Å². The Bertz CT molecular complexity index is 677. The number of amides is 1. The third-order valence-electron chi connectivity index (χ3n) is 2.98. The van der Waals surface area contributed by atoms with Crippen molar-refractivity contribution >= 4 is 29.1 Å². The van der Waals surface area contributed by atoms with Crippen LogP contribution in [0.15, 0.2) is 54.6 Å². The van der Waals surface area contributed by atoms with E-state index in [0.717, 1.165) is 0 Å². The van der Waals surface area contributed by atoms with E-state index < -0.39 is 6.43 Å². The van der Waals surface area contributed by atoms with Gasteiger partial charge in [0.15, 0.2) is 5.78 Å². The molecule has 0 unspecified atom stereocenters. The number of thioether (sulfide) groups is 1. The summed E-state index contributed by atoms with van der Waals surface area (Å²) in [5.41, 5.74) is 0.780. The lowest BCUT2D eigenvalue weighted by molar-refractivity contribution is -0.113. The first-order chi connectivity index (χ1) is 11.1. The van der Waals surface area contributed by atoms with Crippen LogP contribution in [0.3, 0.4) is 0 Å². The highest BCUT2D eigenvalue weighted by molar-refractivity contribution is 8.00. The van der Waals surface area contributed by atoms with Crippen LogP contribution < -0.4 is 5.32 Å². The summed E-state index contributed by atoms with van der Waals surface area (Å²) in [6.07, 6.45) is -2.58. The number of hydrogen-bond donors (Lipinski definition) is 1. The van der Waals surface area contributed by atoms with Gasteiger partial charge in [-0.25, -0.2) is 8.78 Å². The van der Waals surface area contributed by atoms with Gasteiger partial charge < -0.3 is 5.32 Å². The average Bonchev–Trinajstić information content (AvgIpc) is 2.55. The molecule has 120 valence electrons. The largest absolute Gasteiger partial charge is 0.325 e. The number of nitrogens with one attached hydrogen (secondary N) is 1. The van der Waals surface area contributed by atoms with Crippen LogP contribution in [0.5, 0.6) is 0 Å². The Morgan fingerprint density at radius 1 is 1.00 bits per heavy atom. The molecule has 0 saturated heterocycles. The smallest absolute Gasteiger partial charge is 0.263 e. The number of anilines is 1. The van der Waals surface area contributed by atoms with Crippen LogP contribution in [0.25, 0.3) is 0 Å². The molecule has 2 rings (SSSR count). The molecule has 1 amide bonds. The number of rotatable bonds is 7. The van der Waals surface area contributed by atoms with Crippen molar-refractivity contribution in [2.24, 2.45) is 0 Å². The van der Waals surface area contributed by atoms with Crippen LogP contribution >= 0.6 is 11.8 Å². The standard InChI is InChI=1S/C17H15F2NO2S/c18-17(19)13-7-4-8-14(9-13)20-16(22)11-23-10-15(21)12-5-2-1-3-6-12/h1-9,17H,10-11H2,(H,20,22). The minimum absolute atomic E-state index is 0.0527. The van der Waals surface area contributed by atoms with Gasteiger partial charge in [0.2, 0.25) is 5.91 Å². The number of halogens is 2. The molecule has 23 heavy (non-hydrogen) atoms. The van der Waals surface area contributed by atoms with Crippen molar-refractivity contribution in [1.29, 1.82) is 0 Å². The summed E-state index contributed by atoms with van der Waals surface area (Å²) in [5.74, 6) is -0.114. The number of carbonyl (C=O) groups is 2. The maximum atomic E-state index is 12.6. The monoisotopic (exact) mass is 335 g/mol. The molecule has 0 bridgehead atoms. The molecular weight excluding hydrogens is 320 g/mol. The Morgan fingerprint density at radius 3 is 2.43 bits per heavy atom. The number of Topliss-reactive ketones (excluding diaryl/α,β-unsaturated/α-hetero) is 1. The van der Waals surface area contributed by atoms with Crippen molar-refractivity contribution in [3.63, 3.8) is 0 Å². The maximum absolute atomic E-state index is 12.6. The molecular formula is C17H15F2NO2S. The molecule has 0 aliphatic heterocycles. The lowest BCUT2D eigenvalue weighted by atomic mass is 10.2. The maximum Gasteiger partial charge on any atom is 0.263 e. The van der Waals surface area contributed by atoms with Crippen molar-refractivity contribution in [2.75, 3.05) is 16.8 Å². The predicted molar refractivity (Wildman–Crippen MR) is 88.1 cm³/mol. The summed E-state index contributed by atoms with van der Waals surface area (Å²) in [6.45, 7) is 0. The SMILES string of the molecule is O=C(CSCC(=O)c1ccccc1)Nc1cccc(C(F)F)c1. The first-order valence-electron chi connectivity index (χ1n) is 6.90. The molecule has 3 nitrogen and oxygen atoms in total. The highest BCUT2D eigenvalue weighted by atomic mass is 32.2. The summed E-state index contributed by atoms with van der Waals surface area (Å²) in [5, 5.41) is 2.55. The molecule has 0 heterocycles. The highest BCUT2D eigenvalue weighted by Gasteiger charge is 2.10. The second-order valence-corrected chi connectivity index (χ2v) is 5.74. The minimum atomic E-state index is -2.58. The zero-order chi connectivity index (χ0) is 16.7. The summed E-state index contributed by atoms with van der Waals surface area (Å²) in [7, 11) is 0. The lowest BCUT2D eigenvalue weighted by Gasteiger charge is -2.07. The highest BCUT2D eigenvalue weighted by Crippen LogP contribution is 2.21. The zero-order valence-corrected chi connectivity index (χ0v) is 13.0. The van der Waals surface area contributed by atoms with Gasteiger partial charge in [-0.1, -0.05) is 42.5 Å². The van der Waals surface area contributed by atoms with Crippen LogP contribution in [0.1, 0.15) is 22.3 Å². The van der Waals surface area contributed by atoms with E-state index in [1.54, 1.807) is 30.3 Å². The summed E-state index contributed by atoms with van der Waals surface area (Å²) in [4.78, 5) is 23.6. The van der Waals surface area contributed by atoms with Crippen molar-refractivity contribution in [3.05, 3.63) is 65.7 Å². The Kier molecular flexibility index (Phi) is 6.29. The molecule has 0 fully saturated rings. The van der Waals surface area contributed by atoms with Crippen molar-refractivity contribution < 1.29 is 18.4 Å². The van der Waals surface area contributed by atoms with Gasteiger partial charge in [-0.3, -0.25) is 9.59 Å². The molecule has 0 aliphatic rings. The minimum Gasteiger partial charge on any atom is -0.325 e. The van der Waals surface area contributed by atoms with E-state index >= 15 is 0 Å². The topological polar surface area (TPSA) is 46.2 Å². The lowest BCUT2D eigenvalue weighted by Crippen LogP contribution is -2.15. The van der Waals surface area contributed by atoms with Crippen molar-refractivity contribution in [1.82, 2.24) is 0 Å². The van der Waals surface area contributed by atoms with Gasteiger partial charge in [0.05, 0.1) is 11.5 Å². The Balaban J connectivity index is 1.79. The molecule has 0 atom stereocenters. The average molecular weight is 335 g/mol. The van der Waals surface area contributed by atoms with Gasteiger partial charge in [-0.15, -0.1) is 11.8 Å². The third-order valence-corrected chi connectivity index (χ3v) is 3.92. The van der Waals surface area contributed by atoms with E-state index in [2.05, 4.69) is 5.32 Å². The Hall–Kier alpha value is -2.21. The summed E-state index contributed by atoms with van der Waals surface area (Å²) < 4.78 is 25.2. The fourth-order valence-corrected chi connectivity index (χ4v) is 2.60. The van der Waals surface area contributed by atoms with Gasteiger partial charge in [0.25, 0.3) is 6.43 Å². The summed E-state index contributed by atoms with van der Waals surface area (Å²) in [6, 6.07) is 14.4. The number of ketones is 1. The molecule has 0 saturated carbocycles. The van der Waals surface area contributed by atoms with E-state index in [0.29, 0.717) is 11.3 Å². The van der Waals surface area contributed by atoms with Gasteiger partial charge in [0, 0.05) is 16.8 Å². The van der Waals surface area contributed by atoms with Crippen LogP contribution in [0, 0.1) is 0 Å². The first-order valence-corrected chi connectivity index (χ1v) is 8.05. The Morgan fingerprint density at radius 2 is 1.74 bits per heavy atom. The molecule has 2 aromatic carbocycles. The van der Waals surface area contributed by atoms with E-state index in [-0.39, 0.29) is 28.8 Å². The van der Waals surface area contributed by atoms with Crippen molar-refractivity contribution in [2.45, 2.75) is 6.43 Å². The second-order valence-electron chi connectivity index (χ2n) is 4.76. The van der Waals surface area contributed by atoms with E-state index in [4.69, 9.17) is 0 Å². The zero-order valence-electron chi connectivity index (χ0n) is 12.2. The van der Waals surface area contributed by atoms with Gasteiger partial charge in [0.1, 0.15) is 0 Å².